The number of anilines is 1. The number of nitrogens with one attached hydrogen (secondary N) is 2. The second-order valence-electron chi connectivity index (χ2n) is 6.94. The highest BCUT2D eigenvalue weighted by molar-refractivity contribution is 7.15. The molecule has 0 saturated carbocycles. The second kappa shape index (κ2) is 7.32. The van der Waals surface area contributed by atoms with Gasteiger partial charge in [-0.05, 0) is 31.2 Å². The zero-order chi connectivity index (χ0) is 17.2. The average molecular weight is 359 g/mol. The summed E-state index contributed by atoms with van der Waals surface area (Å²) >= 11 is 1.80. The molecular weight excluding hydrogens is 332 g/mol. The van der Waals surface area contributed by atoms with Gasteiger partial charge in [-0.3, -0.25) is 0 Å². The fraction of sp³-hybridized carbons (Fsp3) is 0.526. The largest absolute Gasteiger partial charge is 0.493 e. The number of ether oxygens (including phenoxy) is 1. The van der Waals surface area contributed by atoms with Crippen molar-refractivity contribution < 1.29 is 4.74 Å². The summed E-state index contributed by atoms with van der Waals surface area (Å²) in [4.78, 5) is 8.50. The van der Waals surface area contributed by atoms with Gasteiger partial charge in [-0.1, -0.05) is 12.1 Å². The molecule has 0 saturated heterocycles. The lowest BCUT2D eigenvalue weighted by Crippen LogP contribution is -2.25. The van der Waals surface area contributed by atoms with Gasteiger partial charge >= 0.3 is 0 Å². The van der Waals surface area contributed by atoms with Gasteiger partial charge in [-0.25, -0.2) is 4.98 Å². The van der Waals surface area contributed by atoms with Gasteiger partial charge in [0.05, 0.1) is 12.3 Å². The van der Waals surface area contributed by atoms with Crippen molar-refractivity contribution in [2.75, 3.05) is 38.6 Å². The maximum atomic E-state index is 5.67. The van der Waals surface area contributed by atoms with Crippen LogP contribution in [0.2, 0.25) is 0 Å². The van der Waals surface area contributed by atoms with E-state index in [2.05, 4.69) is 47.7 Å². The molecule has 0 aliphatic carbocycles. The van der Waals surface area contributed by atoms with E-state index in [1.807, 2.05) is 0 Å². The van der Waals surface area contributed by atoms with Gasteiger partial charge in [0.15, 0.2) is 5.13 Å². The number of rotatable bonds is 6. The Kier molecular flexibility index (Phi) is 4.92. The predicted octanol–water partition coefficient (Wildman–Crippen LogP) is 2.83. The highest BCUT2D eigenvalue weighted by Gasteiger charge is 2.18. The highest BCUT2D eigenvalue weighted by atomic mass is 32.1. The first-order valence-corrected chi connectivity index (χ1v) is 9.90. The minimum absolute atomic E-state index is 0.314. The maximum absolute atomic E-state index is 5.67. The number of benzene rings is 1. The van der Waals surface area contributed by atoms with E-state index in [0.29, 0.717) is 6.04 Å². The Balaban J connectivity index is 1.25. The summed E-state index contributed by atoms with van der Waals surface area (Å²) in [6.07, 6.45) is 2.11. The first kappa shape index (κ1) is 16.8. The van der Waals surface area contributed by atoms with Crippen LogP contribution >= 0.6 is 11.3 Å². The number of likely N-dealkylation sites (N-methyl/N-ethyl adjacent to an activating group) is 1. The molecule has 1 aromatic heterocycles. The van der Waals surface area contributed by atoms with Crippen LogP contribution in [0.5, 0.6) is 5.75 Å². The van der Waals surface area contributed by atoms with Crippen molar-refractivity contribution in [2.45, 2.75) is 32.4 Å². The molecular formula is C19H26N4OS. The van der Waals surface area contributed by atoms with Crippen LogP contribution in [0.1, 0.15) is 34.7 Å². The Bertz CT molecular complexity index is 745. The third-order valence-electron chi connectivity index (χ3n) is 4.99. The van der Waals surface area contributed by atoms with Crippen molar-refractivity contribution in [1.29, 1.82) is 0 Å². The molecule has 2 N–H and O–H groups in total. The summed E-state index contributed by atoms with van der Waals surface area (Å²) in [5, 5.41) is 8.10. The lowest BCUT2D eigenvalue weighted by Gasteiger charge is -2.20. The molecule has 134 valence electrons. The topological polar surface area (TPSA) is 49.4 Å². The number of aromatic nitrogens is 1. The van der Waals surface area contributed by atoms with Crippen LogP contribution in [0.4, 0.5) is 5.13 Å². The molecule has 1 unspecified atom stereocenters. The molecule has 0 amide bonds. The minimum atomic E-state index is 0.314. The second-order valence-corrected chi connectivity index (χ2v) is 8.03. The zero-order valence-electron chi connectivity index (χ0n) is 15.0. The van der Waals surface area contributed by atoms with Crippen LogP contribution in [0.25, 0.3) is 0 Å². The molecule has 0 spiro atoms. The number of nitrogens with zero attached hydrogens (tertiary/aromatic N) is 2. The Morgan fingerprint density at radius 1 is 1.32 bits per heavy atom. The van der Waals surface area contributed by atoms with E-state index in [1.54, 1.807) is 11.3 Å². The number of fused-ring (bicyclic) bond motifs is 2. The zero-order valence-corrected chi connectivity index (χ0v) is 15.8. The van der Waals surface area contributed by atoms with Crippen LogP contribution < -0.4 is 15.4 Å². The smallest absolute Gasteiger partial charge is 0.183 e. The SMILES string of the molecule is CC(NCCNc1nc2c(s1)CN(C)CC2)c1ccc2c(c1)OCC2. The Hall–Kier alpha value is -1.63. The van der Waals surface area contributed by atoms with Gasteiger partial charge < -0.3 is 20.3 Å². The number of hydrogen-bond donors (Lipinski definition) is 2. The van der Waals surface area contributed by atoms with E-state index in [0.717, 1.165) is 56.5 Å². The molecule has 4 rings (SSSR count). The molecule has 6 heteroatoms. The monoisotopic (exact) mass is 358 g/mol. The third kappa shape index (κ3) is 3.81. The lowest BCUT2D eigenvalue weighted by molar-refractivity contribution is 0.314. The van der Waals surface area contributed by atoms with Crippen molar-refractivity contribution in [3.8, 4) is 5.75 Å². The molecule has 5 nitrogen and oxygen atoms in total. The van der Waals surface area contributed by atoms with Crippen LogP contribution in [0.3, 0.4) is 0 Å². The predicted molar refractivity (Wildman–Crippen MR) is 103 cm³/mol. The molecule has 2 aliphatic rings. The van der Waals surface area contributed by atoms with Crippen LogP contribution in [-0.4, -0.2) is 43.2 Å². The van der Waals surface area contributed by atoms with Gasteiger partial charge in [0.1, 0.15) is 5.75 Å². The minimum Gasteiger partial charge on any atom is -0.493 e. The van der Waals surface area contributed by atoms with Crippen molar-refractivity contribution in [2.24, 2.45) is 0 Å². The van der Waals surface area contributed by atoms with E-state index in [9.17, 15) is 0 Å². The standard InChI is InChI=1S/C19H26N4OS/c1-13(15-4-3-14-6-10-24-17(14)11-15)20-7-8-21-19-22-16-5-9-23(2)12-18(16)25-19/h3-4,11,13,20H,5-10,12H2,1-2H3,(H,21,22). The Labute approximate surface area is 153 Å². The van der Waals surface area contributed by atoms with Crippen molar-refractivity contribution in [1.82, 2.24) is 15.2 Å². The summed E-state index contributed by atoms with van der Waals surface area (Å²) in [5.41, 5.74) is 3.90. The number of thiazole rings is 1. The first-order chi connectivity index (χ1) is 12.2. The molecule has 1 atom stereocenters. The van der Waals surface area contributed by atoms with Crippen LogP contribution in [-0.2, 0) is 19.4 Å². The average Bonchev–Trinajstić information content (AvgIpc) is 3.23. The van der Waals surface area contributed by atoms with Crippen molar-refractivity contribution >= 4 is 16.5 Å². The molecule has 2 aromatic rings. The van der Waals surface area contributed by atoms with E-state index >= 15 is 0 Å². The number of hydrogen-bond acceptors (Lipinski definition) is 6. The normalized spacial score (nSPS) is 17.7. The van der Waals surface area contributed by atoms with Crippen molar-refractivity contribution in [3.63, 3.8) is 0 Å². The van der Waals surface area contributed by atoms with Gasteiger partial charge in [0.2, 0.25) is 0 Å². The summed E-state index contributed by atoms with van der Waals surface area (Å²) in [5.74, 6) is 1.06. The van der Waals surface area contributed by atoms with Crippen LogP contribution in [0.15, 0.2) is 18.2 Å². The quantitative estimate of drug-likeness (QED) is 0.778. The highest BCUT2D eigenvalue weighted by Crippen LogP contribution is 2.29. The first-order valence-electron chi connectivity index (χ1n) is 9.09. The Morgan fingerprint density at radius 3 is 3.16 bits per heavy atom. The summed E-state index contributed by atoms with van der Waals surface area (Å²) in [6, 6.07) is 6.91. The summed E-state index contributed by atoms with van der Waals surface area (Å²) in [7, 11) is 2.17. The molecule has 25 heavy (non-hydrogen) atoms. The van der Waals surface area contributed by atoms with Crippen molar-refractivity contribution in [3.05, 3.63) is 39.9 Å². The van der Waals surface area contributed by atoms with Crippen LogP contribution in [0, 0.1) is 0 Å². The third-order valence-corrected chi connectivity index (χ3v) is 6.03. The van der Waals surface area contributed by atoms with E-state index in [1.165, 1.54) is 21.7 Å². The molecule has 1 aromatic carbocycles. The molecule has 0 bridgehead atoms. The van der Waals surface area contributed by atoms with Gasteiger partial charge in [0.25, 0.3) is 0 Å². The van der Waals surface area contributed by atoms with Gasteiger partial charge in [-0.2, -0.15) is 0 Å². The fourth-order valence-corrected chi connectivity index (χ4v) is 4.54. The van der Waals surface area contributed by atoms with E-state index in [-0.39, 0.29) is 0 Å². The molecule has 0 fully saturated rings. The molecule has 0 radical (unpaired) electrons. The summed E-state index contributed by atoms with van der Waals surface area (Å²) in [6.45, 7) is 6.95. The lowest BCUT2D eigenvalue weighted by atomic mass is 10.0. The van der Waals surface area contributed by atoms with Gasteiger partial charge in [-0.15, -0.1) is 11.3 Å². The maximum Gasteiger partial charge on any atom is 0.183 e. The Morgan fingerprint density at radius 2 is 2.24 bits per heavy atom. The van der Waals surface area contributed by atoms with E-state index in [4.69, 9.17) is 9.72 Å². The summed E-state index contributed by atoms with van der Waals surface area (Å²) < 4.78 is 5.67. The molecule has 2 aliphatic heterocycles. The van der Waals surface area contributed by atoms with E-state index < -0.39 is 0 Å². The molecule has 3 heterocycles. The fourth-order valence-electron chi connectivity index (χ4n) is 3.43. The van der Waals surface area contributed by atoms with Gasteiger partial charge in [0, 0.05) is 49.9 Å².